The van der Waals surface area contributed by atoms with Gasteiger partial charge >= 0.3 is 0 Å². The molecule has 3 aliphatic rings. The quantitative estimate of drug-likeness (QED) is 0.536. The average molecular weight is 552 g/mol. The molecule has 0 spiro atoms. The smallest absolute Gasteiger partial charge is 0.253 e. The molecule has 3 aliphatic heterocycles. The maximum atomic E-state index is 13.1. The van der Waals surface area contributed by atoms with Crippen molar-refractivity contribution in [2.75, 3.05) is 68.9 Å². The summed E-state index contributed by atoms with van der Waals surface area (Å²) in [6, 6.07) is 6.03. The van der Waals surface area contributed by atoms with Crippen LogP contribution < -0.4 is 4.90 Å². The molecule has 11 nitrogen and oxygen atoms in total. The molecular formula is C24H33N5O6S2. The second-order valence-electron chi connectivity index (χ2n) is 9.84. The SMILES string of the molecule is Cc1nn(C2CCS(=O)(=O)C2)c(C)c1N1CCN(C(=O)c2ccc(S(=O)(=O)N3CCOCC3)cc2)CC1. The summed E-state index contributed by atoms with van der Waals surface area (Å²) < 4.78 is 58.1. The van der Waals surface area contributed by atoms with Crippen molar-refractivity contribution in [3.8, 4) is 0 Å². The van der Waals surface area contributed by atoms with Gasteiger partial charge in [-0.1, -0.05) is 0 Å². The van der Waals surface area contributed by atoms with E-state index in [1.54, 1.807) is 17.0 Å². The van der Waals surface area contributed by atoms with Gasteiger partial charge < -0.3 is 14.5 Å². The number of anilines is 1. The highest BCUT2D eigenvalue weighted by Crippen LogP contribution is 2.32. The zero-order chi connectivity index (χ0) is 26.4. The molecule has 1 amide bonds. The molecule has 3 saturated heterocycles. The largest absolute Gasteiger partial charge is 0.379 e. The van der Waals surface area contributed by atoms with Crippen LogP contribution in [0.25, 0.3) is 0 Å². The Morgan fingerprint density at radius 2 is 1.65 bits per heavy atom. The minimum absolute atomic E-state index is 0.128. The minimum atomic E-state index is -3.61. The second-order valence-corrected chi connectivity index (χ2v) is 14.0. The van der Waals surface area contributed by atoms with Crippen LogP contribution >= 0.6 is 0 Å². The number of aryl methyl sites for hydroxylation is 1. The number of morpholine rings is 1. The lowest BCUT2D eigenvalue weighted by atomic mass is 10.1. The zero-order valence-corrected chi connectivity index (χ0v) is 22.8. The predicted molar refractivity (Wildman–Crippen MR) is 138 cm³/mol. The summed E-state index contributed by atoms with van der Waals surface area (Å²) in [6.07, 6.45) is 0.582. The monoisotopic (exact) mass is 551 g/mol. The van der Waals surface area contributed by atoms with Crippen LogP contribution in [0.4, 0.5) is 5.69 Å². The maximum Gasteiger partial charge on any atom is 0.253 e. The molecule has 5 rings (SSSR count). The molecule has 2 aromatic rings. The van der Waals surface area contributed by atoms with Crippen LogP contribution in [0.1, 0.15) is 34.2 Å². The Labute approximate surface area is 217 Å². The summed E-state index contributed by atoms with van der Waals surface area (Å²) in [5.41, 5.74) is 3.28. The molecule has 4 heterocycles. The van der Waals surface area contributed by atoms with Crippen molar-refractivity contribution in [3.63, 3.8) is 0 Å². The minimum Gasteiger partial charge on any atom is -0.379 e. The number of aromatic nitrogens is 2. The van der Waals surface area contributed by atoms with Gasteiger partial charge in [0, 0.05) is 44.8 Å². The first kappa shape index (κ1) is 26.1. The Bertz CT molecular complexity index is 1370. The summed E-state index contributed by atoms with van der Waals surface area (Å²) in [6.45, 7) is 7.63. The van der Waals surface area contributed by atoms with E-state index in [1.807, 2.05) is 18.5 Å². The predicted octanol–water partition coefficient (Wildman–Crippen LogP) is 0.843. The lowest BCUT2D eigenvalue weighted by molar-refractivity contribution is 0.0730. The highest BCUT2D eigenvalue weighted by Gasteiger charge is 2.33. The molecule has 1 aromatic carbocycles. The number of hydrogen-bond donors (Lipinski definition) is 0. The van der Waals surface area contributed by atoms with E-state index in [0.29, 0.717) is 64.5 Å². The van der Waals surface area contributed by atoms with Crippen molar-refractivity contribution in [2.24, 2.45) is 0 Å². The van der Waals surface area contributed by atoms with E-state index in [1.165, 1.54) is 16.4 Å². The topological polar surface area (TPSA) is 122 Å². The first-order chi connectivity index (χ1) is 17.6. The third-order valence-electron chi connectivity index (χ3n) is 7.43. The number of benzene rings is 1. The van der Waals surface area contributed by atoms with E-state index in [0.717, 1.165) is 17.1 Å². The summed E-state index contributed by atoms with van der Waals surface area (Å²) in [5, 5.41) is 4.67. The van der Waals surface area contributed by atoms with Crippen molar-refractivity contribution in [2.45, 2.75) is 31.2 Å². The van der Waals surface area contributed by atoms with Crippen LogP contribution in [-0.4, -0.2) is 106 Å². The molecule has 37 heavy (non-hydrogen) atoms. The third-order valence-corrected chi connectivity index (χ3v) is 11.1. The fraction of sp³-hybridized carbons (Fsp3) is 0.583. The van der Waals surface area contributed by atoms with E-state index < -0.39 is 19.9 Å². The Morgan fingerprint density at radius 1 is 1.00 bits per heavy atom. The molecule has 1 unspecified atom stereocenters. The number of nitrogens with zero attached hydrogens (tertiary/aromatic N) is 5. The Morgan fingerprint density at radius 3 is 2.24 bits per heavy atom. The summed E-state index contributed by atoms with van der Waals surface area (Å²) in [5.74, 6) is 0.199. The van der Waals surface area contributed by atoms with Crippen molar-refractivity contribution in [1.82, 2.24) is 19.0 Å². The lowest BCUT2D eigenvalue weighted by Gasteiger charge is -2.36. The van der Waals surface area contributed by atoms with Gasteiger partial charge in [0.25, 0.3) is 5.91 Å². The number of ether oxygens (including phenoxy) is 1. The van der Waals surface area contributed by atoms with Gasteiger partial charge in [-0.15, -0.1) is 0 Å². The van der Waals surface area contributed by atoms with Crippen LogP contribution in [0, 0.1) is 13.8 Å². The van der Waals surface area contributed by atoms with E-state index in [9.17, 15) is 21.6 Å². The average Bonchev–Trinajstić information content (AvgIpc) is 3.41. The molecule has 0 N–H and O–H groups in total. The first-order valence-electron chi connectivity index (χ1n) is 12.6. The number of sulfonamides is 1. The fourth-order valence-corrected chi connectivity index (χ4v) is 8.56. The number of hydrogen-bond acceptors (Lipinski definition) is 8. The standard InChI is InChI=1S/C24H33N5O6S2/c1-18-23(19(2)29(25-18)21-7-16-36(31,32)17-21)26-8-10-27(11-9-26)24(30)20-3-5-22(6-4-20)37(33,34)28-12-14-35-15-13-28/h3-6,21H,7-17H2,1-2H3. The molecule has 1 aromatic heterocycles. The van der Waals surface area contributed by atoms with Gasteiger partial charge in [-0.05, 0) is 44.5 Å². The molecule has 202 valence electrons. The highest BCUT2D eigenvalue weighted by molar-refractivity contribution is 7.91. The van der Waals surface area contributed by atoms with Crippen LogP contribution in [0.2, 0.25) is 0 Å². The van der Waals surface area contributed by atoms with Gasteiger partial charge in [0.15, 0.2) is 9.84 Å². The van der Waals surface area contributed by atoms with Crippen LogP contribution in [0.5, 0.6) is 0 Å². The van der Waals surface area contributed by atoms with Crippen molar-refractivity contribution >= 4 is 31.5 Å². The number of piperazine rings is 1. The molecule has 0 saturated carbocycles. The summed E-state index contributed by atoms with van der Waals surface area (Å²) in [7, 11) is -6.61. The van der Waals surface area contributed by atoms with E-state index >= 15 is 0 Å². The van der Waals surface area contributed by atoms with Gasteiger partial charge in [-0.25, -0.2) is 16.8 Å². The number of amides is 1. The van der Waals surface area contributed by atoms with Gasteiger partial charge in [0.1, 0.15) is 0 Å². The number of rotatable bonds is 5. The van der Waals surface area contributed by atoms with E-state index in [4.69, 9.17) is 4.74 Å². The Balaban J connectivity index is 1.23. The third kappa shape index (κ3) is 5.14. The number of carbonyl (C=O) groups excluding carboxylic acids is 1. The van der Waals surface area contributed by atoms with Gasteiger partial charge in [-0.3, -0.25) is 9.48 Å². The van der Waals surface area contributed by atoms with Crippen molar-refractivity contribution in [1.29, 1.82) is 0 Å². The maximum absolute atomic E-state index is 13.1. The van der Waals surface area contributed by atoms with Gasteiger partial charge in [-0.2, -0.15) is 9.40 Å². The second kappa shape index (κ2) is 10.0. The molecule has 3 fully saturated rings. The number of carbonyl (C=O) groups is 1. The molecule has 1 atom stereocenters. The van der Waals surface area contributed by atoms with Gasteiger partial charge in [0.2, 0.25) is 10.0 Å². The molecule has 0 radical (unpaired) electrons. The van der Waals surface area contributed by atoms with Gasteiger partial charge in [0.05, 0.1) is 52.7 Å². The van der Waals surface area contributed by atoms with Crippen LogP contribution in [0.15, 0.2) is 29.2 Å². The van der Waals surface area contributed by atoms with Crippen molar-refractivity contribution < 1.29 is 26.4 Å². The lowest BCUT2D eigenvalue weighted by Crippen LogP contribution is -2.49. The molecule has 0 bridgehead atoms. The fourth-order valence-electron chi connectivity index (χ4n) is 5.46. The Hall–Kier alpha value is -2.48. The van der Waals surface area contributed by atoms with E-state index in [-0.39, 0.29) is 28.4 Å². The zero-order valence-electron chi connectivity index (χ0n) is 21.2. The normalized spacial score (nSPS) is 22.9. The van der Waals surface area contributed by atoms with E-state index in [2.05, 4.69) is 10.00 Å². The molecular weight excluding hydrogens is 518 g/mol. The van der Waals surface area contributed by atoms with Crippen LogP contribution in [0.3, 0.4) is 0 Å². The summed E-state index contributed by atoms with van der Waals surface area (Å²) in [4.78, 5) is 17.3. The van der Waals surface area contributed by atoms with Crippen molar-refractivity contribution in [3.05, 3.63) is 41.2 Å². The first-order valence-corrected chi connectivity index (χ1v) is 15.8. The summed E-state index contributed by atoms with van der Waals surface area (Å²) >= 11 is 0. The Kier molecular flexibility index (Phi) is 7.07. The molecule has 13 heteroatoms. The van der Waals surface area contributed by atoms with Crippen LogP contribution in [-0.2, 0) is 24.6 Å². The number of sulfone groups is 1. The highest BCUT2D eigenvalue weighted by atomic mass is 32.2. The molecule has 0 aliphatic carbocycles.